The second kappa shape index (κ2) is 7.64. The van der Waals surface area contributed by atoms with Gasteiger partial charge in [0.05, 0.1) is 25.9 Å². The van der Waals surface area contributed by atoms with Gasteiger partial charge in [-0.2, -0.15) is 0 Å². The Morgan fingerprint density at radius 1 is 1.36 bits per heavy atom. The first-order valence-corrected chi connectivity index (χ1v) is 8.48. The molecule has 5 heteroatoms. The van der Waals surface area contributed by atoms with Crippen LogP contribution in [0.5, 0.6) is 0 Å². The standard InChI is InChI=1S/C17H25ClN2O2/c1-21-12-17(13-2-3-13)19-15-4-5-16(18)14(10-15)11-20-6-8-22-9-7-20/h4-5,10,13,17,19H,2-3,6-9,11-12H2,1H3. The zero-order valence-corrected chi connectivity index (χ0v) is 13.9. The number of hydrogen-bond donors (Lipinski definition) is 1. The lowest BCUT2D eigenvalue weighted by Crippen LogP contribution is -2.35. The molecule has 22 heavy (non-hydrogen) atoms. The van der Waals surface area contributed by atoms with Crippen molar-refractivity contribution in [1.82, 2.24) is 4.90 Å². The fourth-order valence-corrected chi connectivity index (χ4v) is 3.15. The van der Waals surface area contributed by atoms with Crippen LogP contribution in [0.1, 0.15) is 18.4 Å². The number of anilines is 1. The topological polar surface area (TPSA) is 33.7 Å². The highest BCUT2D eigenvalue weighted by Crippen LogP contribution is 2.35. The minimum Gasteiger partial charge on any atom is -0.383 e. The van der Waals surface area contributed by atoms with Crippen LogP contribution in [0.15, 0.2) is 18.2 Å². The molecule has 1 unspecified atom stereocenters. The summed E-state index contributed by atoms with van der Waals surface area (Å²) in [5, 5.41) is 4.46. The van der Waals surface area contributed by atoms with Gasteiger partial charge in [0.25, 0.3) is 0 Å². The summed E-state index contributed by atoms with van der Waals surface area (Å²) in [4.78, 5) is 2.39. The van der Waals surface area contributed by atoms with E-state index in [0.29, 0.717) is 6.04 Å². The molecule has 122 valence electrons. The van der Waals surface area contributed by atoms with Crippen LogP contribution in [-0.2, 0) is 16.0 Å². The average molecular weight is 325 g/mol. The summed E-state index contributed by atoms with van der Waals surface area (Å²) < 4.78 is 10.7. The van der Waals surface area contributed by atoms with Gasteiger partial charge in [0, 0.05) is 37.5 Å². The van der Waals surface area contributed by atoms with E-state index in [1.165, 1.54) is 18.4 Å². The third-order valence-electron chi connectivity index (χ3n) is 4.43. The largest absolute Gasteiger partial charge is 0.383 e. The summed E-state index contributed by atoms with van der Waals surface area (Å²) >= 11 is 6.38. The minimum absolute atomic E-state index is 0.405. The van der Waals surface area contributed by atoms with Gasteiger partial charge in [-0.1, -0.05) is 11.6 Å². The maximum atomic E-state index is 6.38. The number of halogens is 1. The van der Waals surface area contributed by atoms with Gasteiger partial charge in [0.1, 0.15) is 0 Å². The number of ether oxygens (including phenoxy) is 2. The van der Waals surface area contributed by atoms with Crippen LogP contribution in [0.3, 0.4) is 0 Å². The van der Waals surface area contributed by atoms with Crippen molar-refractivity contribution < 1.29 is 9.47 Å². The molecule has 0 radical (unpaired) electrons. The summed E-state index contributed by atoms with van der Waals surface area (Å²) in [5.41, 5.74) is 2.32. The number of nitrogens with one attached hydrogen (secondary N) is 1. The van der Waals surface area contributed by atoms with Crippen molar-refractivity contribution in [2.24, 2.45) is 5.92 Å². The highest BCUT2D eigenvalue weighted by atomic mass is 35.5. The van der Waals surface area contributed by atoms with Crippen molar-refractivity contribution in [3.8, 4) is 0 Å². The van der Waals surface area contributed by atoms with Gasteiger partial charge in [-0.05, 0) is 42.5 Å². The molecule has 1 aliphatic carbocycles. The van der Waals surface area contributed by atoms with E-state index in [4.69, 9.17) is 21.1 Å². The molecule has 1 saturated carbocycles. The fraction of sp³-hybridized carbons (Fsp3) is 0.647. The molecule has 2 aliphatic rings. The number of hydrogen-bond acceptors (Lipinski definition) is 4. The SMILES string of the molecule is COCC(Nc1ccc(Cl)c(CN2CCOCC2)c1)C1CC1. The van der Waals surface area contributed by atoms with E-state index in [1.807, 2.05) is 6.07 Å². The Kier molecular flexibility index (Phi) is 5.58. The Labute approximate surface area is 137 Å². The van der Waals surface area contributed by atoms with E-state index in [1.54, 1.807) is 7.11 Å². The van der Waals surface area contributed by atoms with Gasteiger partial charge in [-0.25, -0.2) is 0 Å². The van der Waals surface area contributed by atoms with Crippen LogP contribution in [0, 0.1) is 5.92 Å². The summed E-state index contributed by atoms with van der Waals surface area (Å²) in [7, 11) is 1.77. The van der Waals surface area contributed by atoms with Crippen molar-refractivity contribution in [2.45, 2.75) is 25.4 Å². The molecule has 0 amide bonds. The lowest BCUT2D eigenvalue weighted by Gasteiger charge is -2.27. The zero-order valence-electron chi connectivity index (χ0n) is 13.2. The van der Waals surface area contributed by atoms with Crippen LogP contribution in [0.4, 0.5) is 5.69 Å². The first-order chi connectivity index (χ1) is 10.8. The molecule has 0 aromatic heterocycles. The smallest absolute Gasteiger partial charge is 0.0666 e. The van der Waals surface area contributed by atoms with E-state index < -0.39 is 0 Å². The van der Waals surface area contributed by atoms with Crippen molar-refractivity contribution in [3.63, 3.8) is 0 Å². The highest BCUT2D eigenvalue weighted by Gasteiger charge is 2.31. The van der Waals surface area contributed by atoms with Gasteiger partial charge >= 0.3 is 0 Å². The Balaban J connectivity index is 1.65. The molecule has 1 saturated heterocycles. The first kappa shape index (κ1) is 16.1. The highest BCUT2D eigenvalue weighted by molar-refractivity contribution is 6.31. The number of rotatable bonds is 7. The fourth-order valence-electron chi connectivity index (χ4n) is 2.97. The Hall–Kier alpha value is -0.810. The summed E-state index contributed by atoms with van der Waals surface area (Å²) in [5.74, 6) is 0.748. The first-order valence-electron chi connectivity index (χ1n) is 8.10. The molecular weight excluding hydrogens is 300 g/mol. The predicted octanol–water partition coefficient (Wildman–Crippen LogP) is 3.01. The summed E-state index contributed by atoms with van der Waals surface area (Å²) in [6.07, 6.45) is 2.60. The molecule has 0 spiro atoms. The second-order valence-electron chi connectivity index (χ2n) is 6.24. The maximum absolute atomic E-state index is 6.38. The second-order valence-corrected chi connectivity index (χ2v) is 6.65. The van der Waals surface area contributed by atoms with Crippen LogP contribution in [0.25, 0.3) is 0 Å². The molecule has 1 aromatic rings. The van der Waals surface area contributed by atoms with Crippen molar-refractivity contribution in [2.75, 3.05) is 45.3 Å². The lowest BCUT2D eigenvalue weighted by molar-refractivity contribution is 0.0342. The number of benzene rings is 1. The predicted molar refractivity (Wildman–Crippen MR) is 89.6 cm³/mol. The Bertz CT molecular complexity index is 488. The minimum atomic E-state index is 0.405. The van der Waals surface area contributed by atoms with E-state index in [9.17, 15) is 0 Å². The van der Waals surface area contributed by atoms with Crippen molar-refractivity contribution in [1.29, 1.82) is 0 Å². The third-order valence-corrected chi connectivity index (χ3v) is 4.80. The van der Waals surface area contributed by atoms with Gasteiger partial charge in [0.2, 0.25) is 0 Å². The molecule has 1 atom stereocenters. The van der Waals surface area contributed by atoms with Gasteiger partial charge in [-0.3, -0.25) is 4.90 Å². The van der Waals surface area contributed by atoms with Crippen LogP contribution in [-0.4, -0.2) is 51.0 Å². The van der Waals surface area contributed by atoms with Crippen molar-refractivity contribution >= 4 is 17.3 Å². The van der Waals surface area contributed by atoms with Gasteiger partial charge in [0.15, 0.2) is 0 Å². The maximum Gasteiger partial charge on any atom is 0.0666 e. The zero-order chi connectivity index (χ0) is 15.4. The van der Waals surface area contributed by atoms with E-state index >= 15 is 0 Å². The number of methoxy groups -OCH3 is 1. The molecule has 1 heterocycles. The number of nitrogens with zero attached hydrogens (tertiary/aromatic N) is 1. The quantitative estimate of drug-likeness (QED) is 0.836. The number of morpholine rings is 1. The monoisotopic (exact) mass is 324 g/mol. The van der Waals surface area contributed by atoms with Gasteiger partial charge in [-0.15, -0.1) is 0 Å². The molecule has 4 nitrogen and oxygen atoms in total. The molecule has 0 bridgehead atoms. The molecule has 1 aliphatic heterocycles. The van der Waals surface area contributed by atoms with E-state index in [2.05, 4.69) is 22.3 Å². The van der Waals surface area contributed by atoms with E-state index in [0.717, 1.165) is 56.1 Å². The average Bonchev–Trinajstić information content (AvgIpc) is 3.36. The van der Waals surface area contributed by atoms with Gasteiger partial charge < -0.3 is 14.8 Å². The molecule has 1 aromatic carbocycles. The summed E-state index contributed by atoms with van der Waals surface area (Å²) in [6.45, 7) is 5.22. The van der Waals surface area contributed by atoms with E-state index in [-0.39, 0.29) is 0 Å². The third kappa shape index (κ3) is 4.35. The molecule has 2 fully saturated rings. The lowest BCUT2D eigenvalue weighted by atomic mass is 10.1. The van der Waals surface area contributed by atoms with Crippen molar-refractivity contribution in [3.05, 3.63) is 28.8 Å². The molecular formula is C17H25ClN2O2. The Morgan fingerprint density at radius 3 is 2.82 bits per heavy atom. The van der Waals surface area contributed by atoms with Crippen LogP contribution >= 0.6 is 11.6 Å². The normalized spacial score (nSPS) is 20.8. The molecule has 3 rings (SSSR count). The summed E-state index contributed by atoms with van der Waals surface area (Å²) in [6, 6.07) is 6.65. The van der Waals surface area contributed by atoms with Crippen LogP contribution < -0.4 is 5.32 Å². The Morgan fingerprint density at radius 2 is 2.14 bits per heavy atom. The molecule has 1 N–H and O–H groups in total. The van der Waals surface area contributed by atoms with Crippen LogP contribution in [0.2, 0.25) is 5.02 Å².